The first-order valence-corrected chi connectivity index (χ1v) is 5.27. The molecule has 0 aliphatic heterocycles. The van der Waals surface area contributed by atoms with Crippen LogP contribution in [0.5, 0.6) is 0 Å². The maximum Gasteiger partial charge on any atom is 0.167 e. The van der Waals surface area contributed by atoms with Gasteiger partial charge in [-0.3, -0.25) is 4.79 Å². The van der Waals surface area contributed by atoms with Gasteiger partial charge in [-0.05, 0) is 24.1 Å². The van der Waals surface area contributed by atoms with E-state index >= 15 is 0 Å². The minimum atomic E-state index is -2.19. The Hall–Kier alpha value is -2.27. The second kappa shape index (κ2) is 3.89. The summed E-state index contributed by atoms with van der Waals surface area (Å²) in [4.78, 5) is 11.7. The van der Waals surface area contributed by atoms with Crippen LogP contribution in [0.1, 0.15) is 19.8 Å². The normalized spacial score (nSPS) is 26.4. The van der Waals surface area contributed by atoms with Crippen molar-refractivity contribution in [3.63, 3.8) is 0 Å². The van der Waals surface area contributed by atoms with Crippen molar-refractivity contribution in [2.75, 3.05) is 0 Å². The smallest absolute Gasteiger partial charge is 0.167 e. The molecule has 0 aromatic rings. The zero-order valence-corrected chi connectivity index (χ0v) is 9.55. The van der Waals surface area contributed by atoms with E-state index in [4.69, 9.17) is 10.5 Å². The number of hydrogen-bond acceptors (Lipinski definition) is 3. The second-order valence-electron chi connectivity index (χ2n) is 4.44. The maximum absolute atomic E-state index is 13.9. The van der Waals surface area contributed by atoms with Crippen LogP contribution in [0.4, 0.5) is 8.78 Å². The number of alkyl halides is 1. The third-order valence-corrected chi connectivity index (χ3v) is 3.13. The van der Waals surface area contributed by atoms with Crippen molar-refractivity contribution in [1.29, 1.82) is 10.5 Å². The number of carbonyl (C=O) groups is 1. The predicted molar refractivity (Wildman–Crippen MR) is 58.2 cm³/mol. The highest BCUT2D eigenvalue weighted by molar-refractivity contribution is 6.06. The Morgan fingerprint density at radius 2 is 2.06 bits per heavy atom. The minimum Gasteiger partial charge on any atom is -0.294 e. The molecule has 1 unspecified atom stereocenters. The van der Waals surface area contributed by atoms with Crippen LogP contribution in [0.25, 0.3) is 0 Å². The fourth-order valence-electron chi connectivity index (χ4n) is 2.16. The monoisotopic (exact) mass is 246 g/mol. The number of Topliss-reactive ketones (excluding diaryl/α,β-unsaturated/α-hetero) is 1. The highest BCUT2D eigenvalue weighted by Crippen LogP contribution is 2.44. The third-order valence-electron chi connectivity index (χ3n) is 3.13. The molecule has 0 N–H and O–H groups in total. The third kappa shape index (κ3) is 1.65. The van der Waals surface area contributed by atoms with Gasteiger partial charge < -0.3 is 0 Å². The molecule has 0 saturated carbocycles. The minimum absolute atomic E-state index is 0.0839. The zero-order chi connectivity index (χ0) is 13.5. The molecule has 0 fully saturated rings. The molecule has 0 saturated heterocycles. The SMILES string of the molecule is CC1(F)CC2=C(C=C1F)C(=O)CC2=C(C#N)C#N. The van der Waals surface area contributed by atoms with Gasteiger partial charge in [0.05, 0.1) is 0 Å². The first-order valence-electron chi connectivity index (χ1n) is 5.27. The summed E-state index contributed by atoms with van der Waals surface area (Å²) in [5.41, 5.74) is -1.80. The van der Waals surface area contributed by atoms with Gasteiger partial charge in [-0.25, -0.2) is 8.78 Å². The van der Waals surface area contributed by atoms with Crippen molar-refractivity contribution >= 4 is 5.78 Å². The van der Waals surface area contributed by atoms with Crippen molar-refractivity contribution in [1.82, 2.24) is 0 Å². The van der Waals surface area contributed by atoms with Crippen LogP contribution >= 0.6 is 0 Å². The second-order valence-corrected chi connectivity index (χ2v) is 4.44. The molecule has 0 spiro atoms. The van der Waals surface area contributed by atoms with Gasteiger partial charge in [0.25, 0.3) is 0 Å². The summed E-state index contributed by atoms with van der Waals surface area (Å²) in [5.74, 6) is -1.38. The van der Waals surface area contributed by atoms with Crippen molar-refractivity contribution in [2.45, 2.75) is 25.4 Å². The Labute approximate surface area is 102 Å². The standard InChI is InChI=1S/C13H8F2N2O/c1-13(15)4-10-8(7(5-16)6-17)2-11(18)9(10)3-12(13)14/h3H,2,4H2,1H3. The van der Waals surface area contributed by atoms with Crippen molar-refractivity contribution < 1.29 is 13.6 Å². The molecular formula is C13H8F2N2O. The maximum atomic E-state index is 13.9. The molecule has 0 aromatic heterocycles. The summed E-state index contributed by atoms with van der Waals surface area (Å²) >= 11 is 0. The van der Waals surface area contributed by atoms with Gasteiger partial charge in [-0.1, -0.05) is 0 Å². The lowest BCUT2D eigenvalue weighted by atomic mass is 9.86. The molecule has 2 rings (SSSR count). The molecule has 3 nitrogen and oxygen atoms in total. The molecule has 18 heavy (non-hydrogen) atoms. The number of halogens is 2. The molecule has 1 atom stereocenters. The summed E-state index contributed by atoms with van der Waals surface area (Å²) < 4.78 is 27.3. The van der Waals surface area contributed by atoms with E-state index in [0.717, 1.165) is 13.0 Å². The number of nitrogens with zero attached hydrogens (tertiary/aromatic N) is 2. The van der Waals surface area contributed by atoms with E-state index in [1.165, 1.54) is 0 Å². The number of ketones is 1. The molecule has 2 aliphatic rings. The summed E-state index contributed by atoms with van der Waals surface area (Å²) in [5, 5.41) is 17.6. The molecule has 0 heterocycles. The van der Waals surface area contributed by atoms with Crippen LogP contribution in [0.15, 0.2) is 34.2 Å². The molecular weight excluding hydrogens is 238 g/mol. The van der Waals surface area contributed by atoms with E-state index in [2.05, 4.69) is 0 Å². The van der Waals surface area contributed by atoms with Gasteiger partial charge in [-0.15, -0.1) is 0 Å². The number of hydrogen-bond donors (Lipinski definition) is 0. The zero-order valence-electron chi connectivity index (χ0n) is 9.55. The van der Waals surface area contributed by atoms with Gasteiger partial charge in [0.1, 0.15) is 23.5 Å². The molecule has 0 bridgehead atoms. The Morgan fingerprint density at radius 3 is 2.61 bits per heavy atom. The van der Waals surface area contributed by atoms with Crippen molar-refractivity contribution in [3.8, 4) is 12.1 Å². The summed E-state index contributed by atoms with van der Waals surface area (Å²) in [6.45, 7) is 1.07. The van der Waals surface area contributed by atoms with E-state index in [9.17, 15) is 13.6 Å². The van der Waals surface area contributed by atoms with Crippen LogP contribution in [0.3, 0.4) is 0 Å². The first kappa shape index (κ1) is 12.2. The molecule has 0 amide bonds. The number of carbonyl (C=O) groups excluding carboxylic acids is 1. The largest absolute Gasteiger partial charge is 0.294 e. The molecule has 5 heteroatoms. The highest BCUT2D eigenvalue weighted by Gasteiger charge is 2.41. The van der Waals surface area contributed by atoms with Crippen LogP contribution in [-0.2, 0) is 4.79 Å². The average Bonchev–Trinajstić information content (AvgIpc) is 2.59. The van der Waals surface area contributed by atoms with E-state index < -0.39 is 11.5 Å². The van der Waals surface area contributed by atoms with Gasteiger partial charge in [0, 0.05) is 18.4 Å². The van der Waals surface area contributed by atoms with Crippen molar-refractivity contribution in [2.24, 2.45) is 0 Å². The number of nitriles is 2. The van der Waals surface area contributed by atoms with E-state index in [-0.39, 0.29) is 40.9 Å². The Balaban J connectivity index is 2.64. The van der Waals surface area contributed by atoms with Gasteiger partial charge in [0.2, 0.25) is 0 Å². The van der Waals surface area contributed by atoms with Gasteiger partial charge in [0.15, 0.2) is 11.5 Å². The average molecular weight is 246 g/mol. The fraction of sp³-hybridized carbons (Fsp3) is 0.308. The molecule has 0 radical (unpaired) electrons. The van der Waals surface area contributed by atoms with Crippen LogP contribution in [-0.4, -0.2) is 11.5 Å². The molecule has 0 aromatic carbocycles. The lowest BCUT2D eigenvalue weighted by Gasteiger charge is -2.23. The lowest BCUT2D eigenvalue weighted by molar-refractivity contribution is -0.114. The Bertz CT molecular complexity index is 608. The fourth-order valence-corrected chi connectivity index (χ4v) is 2.16. The predicted octanol–water partition coefficient (Wildman–Crippen LogP) is 2.58. The van der Waals surface area contributed by atoms with E-state index in [1.807, 2.05) is 0 Å². The topological polar surface area (TPSA) is 64.7 Å². The molecule has 2 aliphatic carbocycles. The number of allylic oxidation sites excluding steroid dienone is 6. The molecule has 90 valence electrons. The van der Waals surface area contributed by atoms with Crippen LogP contribution < -0.4 is 0 Å². The van der Waals surface area contributed by atoms with Gasteiger partial charge in [-0.2, -0.15) is 10.5 Å². The van der Waals surface area contributed by atoms with Crippen LogP contribution in [0.2, 0.25) is 0 Å². The van der Waals surface area contributed by atoms with E-state index in [0.29, 0.717) is 0 Å². The Morgan fingerprint density at radius 1 is 1.44 bits per heavy atom. The number of rotatable bonds is 0. The van der Waals surface area contributed by atoms with Gasteiger partial charge >= 0.3 is 0 Å². The highest BCUT2D eigenvalue weighted by atomic mass is 19.2. The lowest BCUT2D eigenvalue weighted by Crippen LogP contribution is -2.23. The summed E-state index contributed by atoms with van der Waals surface area (Å²) in [6, 6.07) is 3.36. The first-order chi connectivity index (χ1) is 8.40. The summed E-state index contributed by atoms with van der Waals surface area (Å²) in [6.07, 6.45) is 0.417. The van der Waals surface area contributed by atoms with E-state index in [1.54, 1.807) is 12.1 Å². The van der Waals surface area contributed by atoms with Crippen LogP contribution in [0, 0.1) is 22.7 Å². The Kier molecular flexibility index (Phi) is 2.63. The van der Waals surface area contributed by atoms with Crippen molar-refractivity contribution in [3.05, 3.63) is 34.2 Å². The quantitative estimate of drug-likeness (QED) is 0.617. The summed E-state index contributed by atoms with van der Waals surface area (Å²) in [7, 11) is 0.